The van der Waals surface area contributed by atoms with E-state index in [1.165, 1.54) is 21.2 Å². The molecule has 0 aliphatic carbocycles. The molecule has 0 amide bonds. The van der Waals surface area contributed by atoms with Crippen molar-refractivity contribution in [3.63, 3.8) is 0 Å². The van der Waals surface area contributed by atoms with Gasteiger partial charge in [0.2, 0.25) is 0 Å². The predicted molar refractivity (Wildman–Crippen MR) is 132 cm³/mol. The van der Waals surface area contributed by atoms with Crippen molar-refractivity contribution in [3.8, 4) is 5.75 Å². The normalized spacial score (nSPS) is 12.7. The van der Waals surface area contributed by atoms with Gasteiger partial charge in [-0.2, -0.15) is 0 Å². The van der Waals surface area contributed by atoms with E-state index in [1.807, 2.05) is 6.07 Å². The van der Waals surface area contributed by atoms with E-state index in [0.717, 1.165) is 5.75 Å². The number of methoxy groups -OCH3 is 1. The Bertz CT molecular complexity index is 966. The molecule has 28 heavy (non-hydrogen) atoms. The first-order valence-corrected chi connectivity index (χ1v) is 14.3. The second kappa shape index (κ2) is 7.69. The van der Waals surface area contributed by atoms with Crippen LogP contribution in [0.5, 0.6) is 5.75 Å². The van der Waals surface area contributed by atoms with Gasteiger partial charge in [0.15, 0.2) is 0 Å². The molecule has 4 aromatic carbocycles. The van der Waals surface area contributed by atoms with Gasteiger partial charge in [0.1, 0.15) is 0 Å². The van der Waals surface area contributed by atoms with Crippen molar-refractivity contribution < 1.29 is 4.74 Å². The summed E-state index contributed by atoms with van der Waals surface area (Å²) in [6.07, 6.45) is 0. The van der Waals surface area contributed by atoms with Crippen LogP contribution in [-0.2, 0) is 0 Å². The first-order chi connectivity index (χ1) is 13.7. The summed E-state index contributed by atoms with van der Waals surface area (Å²) in [5, 5.41) is 5.29. The molecule has 0 radical (unpaired) electrons. The minimum atomic E-state index is -2.98. The molecule has 0 saturated heterocycles. The van der Waals surface area contributed by atoms with Crippen molar-refractivity contribution in [2.45, 2.75) is 0 Å². The third kappa shape index (κ3) is 2.87. The first kappa shape index (κ1) is 19.2. The zero-order valence-electron chi connectivity index (χ0n) is 15.7. The summed E-state index contributed by atoms with van der Waals surface area (Å²) in [6, 6.07) is 41.3. The summed E-state index contributed by atoms with van der Waals surface area (Å²) in [4.78, 5) is 0. The van der Waals surface area contributed by atoms with E-state index in [-0.39, 0.29) is 0 Å². The van der Waals surface area contributed by atoms with Gasteiger partial charge in [-0.3, -0.25) is 0 Å². The summed E-state index contributed by atoms with van der Waals surface area (Å²) in [7, 11) is 1.73. The summed E-state index contributed by atoms with van der Waals surface area (Å²) in [6.45, 7) is 0. The van der Waals surface area contributed by atoms with Crippen LogP contribution >= 0.6 is 26.3 Å². The summed E-state index contributed by atoms with van der Waals surface area (Å²) < 4.78 is 2.64. The van der Waals surface area contributed by atoms with Gasteiger partial charge in [-0.1, -0.05) is 0 Å². The van der Waals surface area contributed by atoms with E-state index < -0.39 is 4.25 Å². The zero-order chi connectivity index (χ0) is 19.5. The second-order valence-corrected chi connectivity index (χ2v) is 16.6. The van der Waals surface area contributed by atoms with Crippen molar-refractivity contribution in [2.75, 3.05) is 7.11 Å². The SMILES string of the molecule is COc1cccc(P(I)(c2ccccc2)(c2ccccc2)c2ccccc2)c1. The van der Waals surface area contributed by atoms with Crippen LogP contribution in [0, 0.1) is 0 Å². The molecule has 1 nitrogen and oxygen atoms in total. The van der Waals surface area contributed by atoms with E-state index >= 15 is 0 Å². The third-order valence-corrected chi connectivity index (χ3v) is 17.0. The summed E-state index contributed by atoms with van der Waals surface area (Å²) >= 11 is 2.78. The molecule has 0 aliphatic rings. The Morgan fingerprint density at radius 2 is 0.929 bits per heavy atom. The fourth-order valence-corrected chi connectivity index (χ4v) is 12.4. The minimum absolute atomic E-state index is 0.881. The van der Waals surface area contributed by atoms with Gasteiger partial charge in [0.25, 0.3) is 0 Å². The monoisotopic (exact) mass is 496 g/mol. The Balaban J connectivity index is 2.22. The average Bonchev–Trinajstić information content (AvgIpc) is 2.80. The molecule has 0 aliphatic heterocycles. The van der Waals surface area contributed by atoms with E-state index in [2.05, 4.69) is 131 Å². The molecule has 0 saturated carbocycles. The van der Waals surface area contributed by atoms with Crippen LogP contribution in [0.25, 0.3) is 0 Å². The van der Waals surface area contributed by atoms with Gasteiger partial charge in [0.05, 0.1) is 0 Å². The number of hydrogen-bond acceptors (Lipinski definition) is 1. The molecule has 0 heterocycles. The average molecular weight is 496 g/mol. The number of rotatable bonds is 5. The Labute approximate surface area is 179 Å². The maximum absolute atomic E-state index is 5.62. The van der Waals surface area contributed by atoms with Gasteiger partial charge in [-0.15, -0.1) is 0 Å². The standard InChI is InChI=1S/C25H22IOP/c1-27-21-12-11-19-25(20-21)28(26,22-13-5-2-6-14-22,23-15-7-3-8-16-23)24-17-9-4-10-18-24/h2-20H,1H3. The van der Waals surface area contributed by atoms with E-state index in [9.17, 15) is 0 Å². The Kier molecular flexibility index (Phi) is 5.27. The van der Waals surface area contributed by atoms with E-state index in [4.69, 9.17) is 4.74 Å². The Morgan fingerprint density at radius 1 is 0.536 bits per heavy atom. The summed E-state index contributed by atoms with van der Waals surface area (Å²) in [5.41, 5.74) is 0. The number of hydrogen-bond donors (Lipinski definition) is 0. The maximum atomic E-state index is 5.62. The first-order valence-electron chi connectivity index (χ1n) is 9.23. The molecule has 0 spiro atoms. The van der Waals surface area contributed by atoms with Crippen LogP contribution < -0.4 is 26.0 Å². The number of halogens is 1. The van der Waals surface area contributed by atoms with Gasteiger partial charge < -0.3 is 0 Å². The Hall–Kier alpha value is -2.16. The molecule has 0 fully saturated rings. The number of ether oxygens (including phenoxy) is 1. The van der Waals surface area contributed by atoms with Crippen molar-refractivity contribution in [1.82, 2.24) is 0 Å². The molecule has 140 valence electrons. The van der Waals surface area contributed by atoms with Crippen molar-refractivity contribution in [3.05, 3.63) is 115 Å². The van der Waals surface area contributed by atoms with Crippen LogP contribution in [0.15, 0.2) is 115 Å². The third-order valence-electron chi connectivity index (χ3n) is 5.26. The molecule has 4 aromatic rings. The van der Waals surface area contributed by atoms with Crippen LogP contribution in [-0.4, -0.2) is 7.11 Å². The molecule has 0 aromatic heterocycles. The van der Waals surface area contributed by atoms with E-state index in [1.54, 1.807) is 7.11 Å². The fraction of sp³-hybridized carbons (Fsp3) is 0.0400. The van der Waals surface area contributed by atoms with Gasteiger partial charge in [-0.05, 0) is 0 Å². The number of benzene rings is 4. The summed E-state index contributed by atoms with van der Waals surface area (Å²) in [5.74, 6) is 0.881. The van der Waals surface area contributed by atoms with E-state index in [0.29, 0.717) is 0 Å². The topological polar surface area (TPSA) is 9.23 Å². The van der Waals surface area contributed by atoms with Crippen molar-refractivity contribution in [1.29, 1.82) is 0 Å². The van der Waals surface area contributed by atoms with Crippen LogP contribution in [0.3, 0.4) is 0 Å². The van der Waals surface area contributed by atoms with Crippen molar-refractivity contribution in [2.24, 2.45) is 0 Å². The molecule has 3 heteroatoms. The zero-order valence-corrected chi connectivity index (χ0v) is 18.8. The fourth-order valence-electron chi connectivity index (χ4n) is 3.89. The second-order valence-electron chi connectivity index (χ2n) is 6.72. The van der Waals surface area contributed by atoms with Gasteiger partial charge >= 0.3 is 180 Å². The Morgan fingerprint density at radius 3 is 1.32 bits per heavy atom. The molecule has 0 unspecified atom stereocenters. The van der Waals surface area contributed by atoms with Gasteiger partial charge in [-0.25, -0.2) is 0 Å². The molecule has 0 N–H and O–H groups in total. The van der Waals surface area contributed by atoms with Gasteiger partial charge in [0, 0.05) is 0 Å². The molecule has 0 atom stereocenters. The molecular formula is C25H22IOP. The molecular weight excluding hydrogens is 474 g/mol. The van der Waals surface area contributed by atoms with Crippen LogP contribution in [0.1, 0.15) is 0 Å². The van der Waals surface area contributed by atoms with Crippen LogP contribution in [0.2, 0.25) is 0 Å². The van der Waals surface area contributed by atoms with Crippen molar-refractivity contribution >= 4 is 47.5 Å². The predicted octanol–water partition coefficient (Wildman–Crippen LogP) is 5.20. The molecule has 4 rings (SSSR count). The molecule has 0 bridgehead atoms. The quantitative estimate of drug-likeness (QED) is 0.273. The van der Waals surface area contributed by atoms with Crippen LogP contribution in [0.4, 0.5) is 0 Å².